The van der Waals surface area contributed by atoms with Gasteiger partial charge in [0.1, 0.15) is 6.07 Å². The number of aromatic nitrogens is 3. The van der Waals surface area contributed by atoms with Crippen molar-refractivity contribution in [3.05, 3.63) is 70.5 Å². The third kappa shape index (κ3) is 4.52. The number of carbonyl (C=O) groups is 1. The number of non-ortho nitro benzene ring substituents is 1. The van der Waals surface area contributed by atoms with Gasteiger partial charge in [-0.15, -0.1) is 10.2 Å². The van der Waals surface area contributed by atoms with E-state index in [1.165, 1.54) is 12.1 Å². The van der Waals surface area contributed by atoms with Gasteiger partial charge in [0.05, 0.1) is 27.8 Å². The molecule has 0 spiro atoms. The van der Waals surface area contributed by atoms with E-state index in [4.69, 9.17) is 0 Å². The number of nitriles is 1. The van der Waals surface area contributed by atoms with Crippen LogP contribution in [0.3, 0.4) is 0 Å². The van der Waals surface area contributed by atoms with Gasteiger partial charge in [0, 0.05) is 43.2 Å². The molecule has 10 heteroatoms. The lowest BCUT2D eigenvalue weighted by Gasteiger charge is -2.32. The van der Waals surface area contributed by atoms with Gasteiger partial charge >= 0.3 is 0 Å². The number of rotatable bonds is 5. The van der Waals surface area contributed by atoms with Crippen molar-refractivity contribution in [3.63, 3.8) is 0 Å². The maximum absolute atomic E-state index is 12.8. The van der Waals surface area contributed by atoms with E-state index in [9.17, 15) is 20.2 Å². The molecule has 1 atom stereocenters. The van der Waals surface area contributed by atoms with Gasteiger partial charge in [0.25, 0.3) is 5.69 Å². The van der Waals surface area contributed by atoms with Gasteiger partial charge in [0.15, 0.2) is 5.82 Å². The molecule has 1 aliphatic rings. The number of hydrogen-bond donors (Lipinski definition) is 1. The molecule has 0 saturated carbocycles. The number of benzene rings is 1. The van der Waals surface area contributed by atoms with Crippen molar-refractivity contribution >= 4 is 23.1 Å². The summed E-state index contributed by atoms with van der Waals surface area (Å²) in [6.45, 7) is 1.22. The quantitative estimate of drug-likeness (QED) is 0.482. The zero-order valence-corrected chi connectivity index (χ0v) is 17.0. The summed E-state index contributed by atoms with van der Waals surface area (Å²) in [6, 6.07) is 13.2. The number of piperidine rings is 1. The Morgan fingerprint density at radius 1 is 1.19 bits per heavy atom. The zero-order valence-electron chi connectivity index (χ0n) is 17.0. The number of nitro benzene ring substituents is 1. The Kier molecular flexibility index (Phi) is 5.98. The van der Waals surface area contributed by atoms with Crippen molar-refractivity contribution in [3.8, 4) is 17.3 Å². The summed E-state index contributed by atoms with van der Waals surface area (Å²) < 4.78 is 0. The van der Waals surface area contributed by atoms with Gasteiger partial charge in [-0.3, -0.25) is 19.9 Å². The Balaban J connectivity index is 1.44. The SMILES string of the molecule is N#Cc1cc([N+](=O)[O-])ccc1NC(=O)C1CCCN(c2ccc(-c3ccncc3)nn2)C1. The van der Waals surface area contributed by atoms with E-state index in [1.54, 1.807) is 12.4 Å². The van der Waals surface area contributed by atoms with E-state index in [0.717, 1.165) is 30.3 Å². The summed E-state index contributed by atoms with van der Waals surface area (Å²) >= 11 is 0. The molecule has 1 aromatic carbocycles. The van der Waals surface area contributed by atoms with Crippen LogP contribution < -0.4 is 10.2 Å². The highest BCUT2D eigenvalue weighted by Gasteiger charge is 2.27. The number of hydrogen-bond acceptors (Lipinski definition) is 8. The third-order valence-electron chi connectivity index (χ3n) is 5.34. The molecule has 1 fully saturated rings. The topological polar surface area (TPSA) is 138 Å². The molecular weight excluding hydrogens is 410 g/mol. The number of nitro groups is 1. The van der Waals surface area contributed by atoms with Gasteiger partial charge < -0.3 is 10.2 Å². The van der Waals surface area contributed by atoms with Crippen molar-refractivity contribution in [2.24, 2.45) is 5.92 Å². The van der Waals surface area contributed by atoms with Crippen LogP contribution in [0.4, 0.5) is 17.2 Å². The van der Waals surface area contributed by atoms with E-state index < -0.39 is 4.92 Å². The summed E-state index contributed by atoms with van der Waals surface area (Å²) in [5, 5.41) is 31.6. The van der Waals surface area contributed by atoms with Crippen LogP contribution >= 0.6 is 0 Å². The van der Waals surface area contributed by atoms with Gasteiger partial charge in [-0.05, 0) is 43.2 Å². The Labute approximate surface area is 183 Å². The molecule has 0 radical (unpaired) electrons. The second-order valence-electron chi connectivity index (χ2n) is 7.39. The van der Waals surface area contributed by atoms with Crippen LogP contribution in [0.1, 0.15) is 18.4 Å². The predicted molar refractivity (Wildman–Crippen MR) is 117 cm³/mol. The van der Waals surface area contributed by atoms with Crippen molar-refractivity contribution < 1.29 is 9.72 Å². The summed E-state index contributed by atoms with van der Waals surface area (Å²) in [5.41, 5.74) is 1.78. The summed E-state index contributed by atoms with van der Waals surface area (Å²) in [6.07, 6.45) is 4.89. The van der Waals surface area contributed by atoms with E-state index in [0.29, 0.717) is 18.8 Å². The molecule has 0 aliphatic carbocycles. The molecule has 1 amide bonds. The molecule has 1 aliphatic heterocycles. The predicted octanol–water partition coefficient (Wildman–Crippen LogP) is 3.17. The maximum Gasteiger partial charge on any atom is 0.270 e. The fourth-order valence-corrected chi connectivity index (χ4v) is 3.65. The maximum atomic E-state index is 12.8. The Morgan fingerprint density at radius 2 is 2.00 bits per heavy atom. The number of amides is 1. The molecule has 1 saturated heterocycles. The minimum absolute atomic E-state index is 0.0535. The first-order chi connectivity index (χ1) is 15.5. The highest BCUT2D eigenvalue weighted by Crippen LogP contribution is 2.26. The molecule has 10 nitrogen and oxygen atoms in total. The van der Waals surface area contributed by atoms with Gasteiger partial charge in [-0.2, -0.15) is 5.26 Å². The van der Waals surface area contributed by atoms with Gasteiger partial charge in [-0.1, -0.05) is 0 Å². The minimum Gasteiger partial charge on any atom is -0.354 e. The van der Waals surface area contributed by atoms with E-state index in [-0.39, 0.29) is 28.8 Å². The Bertz CT molecular complexity index is 1180. The molecule has 32 heavy (non-hydrogen) atoms. The van der Waals surface area contributed by atoms with Gasteiger partial charge in [-0.25, -0.2) is 0 Å². The highest BCUT2D eigenvalue weighted by atomic mass is 16.6. The molecule has 3 aromatic rings. The smallest absolute Gasteiger partial charge is 0.270 e. The van der Waals surface area contributed by atoms with Crippen LogP contribution in [0.15, 0.2) is 54.9 Å². The number of nitrogens with one attached hydrogen (secondary N) is 1. The van der Waals surface area contributed by atoms with Crippen molar-refractivity contribution in [2.45, 2.75) is 12.8 Å². The zero-order chi connectivity index (χ0) is 22.5. The van der Waals surface area contributed by atoms with Crippen LogP contribution in [0.2, 0.25) is 0 Å². The summed E-state index contributed by atoms with van der Waals surface area (Å²) in [7, 11) is 0. The molecular formula is C22H19N7O3. The monoisotopic (exact) mass is 429 g/mol. The standard InChI is InChI=1S/C22H19N7O3/c23-13-17-12-18(29(31)32)3-4-19(17)25-22(30)16-2-1-11-28(14-16)21-6-5-20(26-27-21)15-7-9-24-10-8-15/h3-10,12,16H,1-2,11,14H2,(H,25,30). The van der Waals surface area contributed by atoms with Crippen molar-refractivity contribution in [1.29, 1.82) is 5.26 Å². The lowest BCUT2D eigenvalue weighted by atomic mass is 9.96. The van der Waals surface area contributed by atoms with Crippen molar-refractivity contribution in [1.82, 2.24) is 15.2 Å². The molecule has 1 N–H and O–H groups in total. The van der Waals surface area contributed by atoms with Crippen LogP contribution in [-0.4, -0.2) is 39.1 Å². The van der Waals surface area contributed by atoms with E-state index >= 15 is 0 Å². The first-order valence-corrected chi connectivity index (χ1v) is 10.0. The lowest BCUT2D eigenvalue weighted by molar-refractivity contribution is -0.384. The first kappa shape index (κ1) is 20.9. The largest absolute Gasteiger partial charge is 0.354 e. The minimum atomic E-state index is -0.577. The lowest BCUT2D eigenvalue weighted by Crippen LogP contribution is -2.41. The molecule has 0 bridgehead atoms. The average molecular weight is 429 g/mol. The molecule has 1 unspecified atom stereocenters. The second kappa shape index (κ2) is 9.18. The summed E-state index contributed by atoms with van der Waals surface area (Å²) in [4.78, 5) is 29.2. The van der Waals surface area contributed by atoms with E-state index in [1.807, 2.05) is 35.2 Å². The fraction of sp³-hybridized carbons (Fsp3) is 0.227. The highest BCUT2D eigenvalue weighted by molar-refractivity contribution is 5.94. The second-order valence-corrected chi connectivity index (χ2v) is 7.39. The van der Waals surface area contributed by atoms with E-state index in [2.05, 4.69) is 20.5 Å². The van der Waals surface area contributed by atoms with Crippen molar-refractivity contribution in [2.75, 3.05) is 23.3 Å². The molecule has 160 valence electrons. The molecule has 2 aromatic heterocycles. The van der Waals surface area contributed by atoms with Crippen LogP contribution in [-0.2, 0) is 4.79 Å². The Morgan fingerprint density at radius 3 is 2.69 bits per heavy atom. The molecule has 3 heterocycles. The first-order valence-electron chi connectivity index (χ1n) is 10.0. The average Bonchev–Trinajstić information content (AvgIpc) is 2.85. The van der Waals surface area contributed by atoms with Crippen LogP contribution in [0, 0.1) is 27.4 Å². The van der Waals surface area contributed by atoms with Gasteiger partial charge in [0.2, 0.25) is 5.91 Å². The molecule has 4 rings (SSSR count). The fourth-order valence-electron chi connectivity index (χ4n) is 3.65. The third-order valence-corrected chi connectivity index (χ3v) is 5.34. The number of carbonyl (C=O) groups excluding carboxylic acids is 1. The Hall–Kier alpha value is -4.39. The van der Waals surface area contributed by atoms with Crippen LogP contribution in [0.25, 0.3) is 11.3 Å². The normalized spacial score (nSPS) is 15.6. The number of pyridine rings is 1. The number of nitrogens with zero attached hydrogens (tertiary/aromatic N) is 6. The number of anilines is 2. The van der Waals surface area contributed by atoms with Crippen LogP contribution in [0.5, 0.6) is 0 Å². The summed E-state index contributed by atoms with van der Waals surface area (Å²) in [5.74, 6) is 0.141.